The molecule has 0 aliphatic rings. The van der Waals surface area contributed by atoms with E-state index >= 15 is 0 Å². The molecule has 1 aromatic carbocycles. The summed E-state index contributed by atoms with van der Waals surface area (Å²) in [5.74, 6) is 0.149. The molecular weight excluding hydrogens is 218 g/mol. The predicted octanol–water partition coefficient (Wildman–Crippen LogP) is 1.68. The fraction of sp³-hybridized carbons (Fsp3) is 0.385. The van der Waals surface area contributed by atoms with Gasteiger partial charge in [-0.3, -0.25) is 9.59 Å². The van der Waals surface area contributed by atoms with Crippen molar-refractivity contribution in [2.75, 3.05) is 0 Å². The van der Waals surface area contributed by atoms with Crippen LogP contribution in [-0.2, 0) is 16.0 Å². The van der Waals surface area contributed by atoms with Gasteiger partial charge in [0.15, 0.2) is 0 Å². The van der Waals surface area contributed by atoms with E-state index in [9.17, 15) is 9.59 Å². The molecule has 0 bridgehead atoms. The minimum Gasteiger partial charge on any atom is -0.427 e. The van der Waals surface area contributed by atoms with Crippen LogP contribution in [0.3, 0.4) is 0 Å². The van der Waals surface area contributed by atoms with Crippen molar-refractivity contribution in [1.82, 2.24) is 5.32 Å². The number of amides is 1. The maximum absolute atomic E-state index is 10.9. The monoisotopic (exact) mass is 235 g/mol. The molecule has 0 aliphatic carbocycles. The number of esters is 1. The molecule has 0 radical (unpaired) electrons. The Morgan fingerprint density at radius 2 is 2.06 bits per heavy atom. The van der Waals surface area contributed by atoms with Gasteiger partial charge in [-0.1, -0.05) is 12.1 Å². The molecule has 0 aromatic heterocycles. The van der Waals surface area contributed by atoms with Gasteiger partial charge in [-0.15, -0.1) is 0 Å². The van der Waals surface area contributed by atoms with Crippen LogP contribution in [0.2, 0.25) is 0 Å². The molecule has 1 rings (SSSR count). The SMILES string of the molecule is CC(=O)NC(C)Cc1cccc(OC(C)=O)c1. The Morgan fingerprint density at radius 1 is 1.35 bits per heavy atom. The predicted molar refractivity (Wildman–Crippen MR) is 64.7 cm³/mol. The summed E-state index contributed by atoms with van der Waals surface area (Å²) in [6, 6.07) is 7.35. The first kappa shape index (κ1) is 13.2. The number of hydrogen-bond donors (Lipinski definition) is 1. The summed E-state index contributed by atoms with van der Waals surface area (Å²) < 4.78 is 4.99. The van der Waals surface area contributed by atoms with Gasteiger partial charge in [0.05, 0.1) is 0 Å². The van der Waals surface area contributed by atoms with E-state index in [-0.39, 0.29) is 17.9 Å². The van der Waals surface area contributed by atoms with E-state index in [1.165, 1.54) is 13.8 Å². The summed E-state index contributed by atoms with van der Waals surface area (Å²) in [5, 5.41) is 2.80. The van der Waals surface area contributed by atoms with Crippen molar-refractivity contribution in [1.29, 1.82) is 0 Å². The summed E-state index contributed by atoms with van der Waals surface area (Å²) in [4.78, 5) is 21.7. The topological polar surface area (TPSA) is 55.4 Å². The molecular formula is C13H17NO3. The summed E-state index contributed by atoms with van der Waals surface area (Å²) in [6.07, 6.45) is 0.703. The highest BCUT2D eigenvalue weighted by Crippen LogP contribution is 2.14. The van der Waals surface area contributed by atoms with E-state index < -0.39 is 0 Å². The Bertz CT molecular complexity index is 415. The lowest BCUT2D eigenvalue weighted by Crippen LogP contribution is -2.31. The van der Waals surface area contributed by atoms with Gasteiger partial charge in [-0.2, -0.15) is 0 Å². The van der Waals surface area contributed by atoms with Gasteiger partial charge in [0.25, 0.3) is 0 Å². The molecule has 1 amide bonds. The van der Waals surface area contributed by atoms with Gasteiger partial charge in [0.1, 0.15) is 5.75 Å². The van der Waals surface area contributed by atoms with Crippen LogP contribution in [0.5, 0.6) is 5.75 Å². The highest BCUT2D eigenvalue weighted by Gasteiger charge is 2.06. The Morgan fingerprint density at radius 3 is 2.65 bits per heavy atom. The van der Waals surface area contributed by atoms with E-state index in [1.54, 1.807) is 12.1 Å². The van der Waals surface area contributed by atoms with Crippen molar-refractivity contribution in [2.45, 2.75) is 33.2 Å². The van der Waals surface area contributed by atoms with Crippen LogP contribution >= 0.6 is 0 Å². The maximum Gasteiger partial charge on any atom is 0.308 e. The minimum absolute atomic E-state index is 0.0476. The molecule has 0 aliphatic heterocycles. The average Bonchev–Trinajstić information content (AvgIpc) is 2.14. The van der Waals surface area contributed by atoms with Crippen molar-refractivity contribution < 1.29 is 14.3 Å². The Hall–Kier alpha value is -1.84. The normalized spacial score (nSPS) is 11.7. The Labute approximate surface area is 101 Å². The standard InChI is InChI=1S/C13H17NO3/c1-9(14-10(2)15)7-12-5-4-6-13(8-12)17-11(3)16/h4-6,8-9H,7H2,1-3H3,(H,14,15). The van der Waals surface area contributed by atoms with E-state index in [1.807, 2.05) is 19.1 Å². The molecule has 1 aromatic rings. The molecule has 1 atom stereocenters. The first-order valence-electron chi connectivity index (χ1n) is 5.52. The fourth-order valence-electron chi connectivity index (χ4n) is 1.65. The molecule has 0 spiro atoms. The third-order valence-corrected chi connectivity index (χ3v) is 2.15. The molecule has 0 saturated carbocycles. The fourth-order valence-corrected chi connectivity index (χ4v) is 1.65. The van der Waals surface area contributed by atoms with Crippen LogP contribution in [0.4, 0.5) is 0 Å². The second-order valence-electron chi connectivity index (χ2n) is 4.05. The zero-order chi connectivity index (χ0) is 12.8. The Kier molecular flexibility index (Phi) is 4.69. The molecule has 1 N–H and O–H groups in total. The number of nitrogens with one attached hydrogen (secondary N) is 1. The third-order valence-electron chi connectivity index (χ3n) is 2.15. The molecule has 4 heteroatoms. The minimum atomic E-state index is -0.336. The largest absolute Gasteiger partial charge is 0.427 e. The molecule has 0 saturated heterocycles. The second-order valence-corrected chi connectivity index (χ2v) is 4.05. The first-order chi connectivity index (χ1) is 7.97. The molecule has 17 heavy (non-hydrogen) atoms. The Balaban J connectivity index is 2.65. The van der Waals surface area contributed by atoms with Crippen molar-refractivity contribution in [3.05, 3.63) is 29.8 Å². The van der Waals surface area contributed by atoms with Crippen LogP contribution in [0.15, 0.2) is 24.3 Å². The van der Waals surface area contributed by atoms with Crippen LogP contribution in [-0.4, -0.2) is 17.9 Å². The van der Waals surface area contributed by atoms with Crippen molar-refractivity contribution in [3.8, 4) is 5.75 Å². The van der Waals surface area contributed by atoms with Crippen LogP contribution < -0.4 is 10.1 Å². The van der Waals surface area contributed by atoms with E-state index in [2.05, 4.69) is 5.32 Å². The number of carbonyl (C=O) groups excluding carboxylic acids is 2. The number of rotatable bonds is 4. The molecule has 4 nitrogen and oxygen atoms in total. The quantitative estimate of drug-likeness (QED) is 0.638. The maximum atomic E-state index is 10.9. The van der Waals surface area contributed by atoms with E-state index in [0.717, 1.165) is 5.56 Å². The lowest BCUT2D eigenvalue weighted by Gasteiger charge is -2.12. The van der Waals surface area contributed by atoms with Gasteiger partial charge in [0, 0.05) is 19.9 Å². The van der Waals surface area contributed by atoms with E-state index in [4.69, 9.17) is 4.74 Å². The van der Waals surface area contributed by atoms with Crippen molar-refractivity contribution >= 4 is 11.9 Å². The summed E-state index contributed by atoms with van der Waals surface area (Å²) in [6.45, 7) is 4.79. The molecule has 92 valence electrons. The van der Waals surface area contributed by atoms with E-state index in [0.29, 0.717) is 12.2 Å². The average molecular weight is 235 g/mol. The highest BCUT2D eigenvalue weighted by molar-refractivity contribution is 5.73. The summed E-state index contributed by atoms with van der Waals surface area (Å²) >= 11 is 0. The van der Waals surface area contributed by atoms with Crippen molar-refractivity contribution in [2.24, 2.45) is 0 Å². The van der Waals surface area contributed by atoms with Crippen LogP contribution in [0, 0.1) is 0 Å². The molecule has 1 unspecified atom stereocenters. The van der Waals surface area contributed by atoms with Gasteiger partial charge >= 0.3 is 5.97 Å². The van der Waals surface area contributed by atoms with Gasteiger partial charge < -0.3 is 10.1 Å². The van der Waals surface area contributed by atoms with Gasteiger partial charge in [-0.25, -0.2) is 0 Å². The summed E-state index contributed by atoms with van der Waals surface area (Å²) in [7, 11) is 0. The first-order valence-corrected chi connectivity index (χ1v) is 5.52. The van der Waals surface area contributed by atoms with Crippen molar-refractivity contribution in [3.63, 3.8) is 0 Å². The van der Waals surface area contributed by atoms with Gasteiger partial charge in [-0.05, 0) is 31.0 Å². The zero-order valence-corrected chi connectivity index (χ0v) is 10.3. The lowest BCUT2D eigenvalue weighted by atomic mass is 10.1. The number of ether oxygens (including phenoxy) is 1. The van der Waals surface area contributed by atoms with Crippen LogP contribution in [0.25, 0.3) is 0 Å². The van der Waals surface area contributed by atoms with Gasteiger partial charge in [0.2, 0.25) is 5.91 Å². The second kappa shape index (κ2) is 6.03. The molecule has 0 heterocycles. The summed E-state index contributed by atoms with van der Waals surface area (Å²) in [5.41, 5.74) is 1.02. The number of hydrogen-bond acceptors (Lipinski definition) is 3. The highest BCUT2D eigenvalue weighted by atomic mass is 16.5. The van der Waals surface area contributed by atoms with Crippen LogP contribution in [0.1, 0.15) is 26.3 Å². The smallest absolute Gasteiger partial charge is 0.308 e. The zero-order valence-electron chi connectivity index (χ0n) is 10.3. The molecule has 0 fully saturated rings. The third kappa shape index (κ3) is 5.15. The number of benzene rings is 1. The number of carbonyl (C=O) groups is 2. The lowest BCUT2D eigenvalue weighted by molar-refractivity contribution is -0.131.